The number of hydrogen-bond acceptors (Lipinski definition) is 6. The van der Waals surface area contributed by atoms with E-state index in [1.54, 1.807) is 44.2 Å². The van der Waals surface area contributed by atoms with Crippen molar-refractivity contribution in [3.63, 3.8) is 0 Å². The van der Waals surface area contributed by atoms with E-state index >= 15 is 0 Å². The summed E-state index contributed by atoms with van der Waals surface area (Å²) < 4.78 is 5.83. The van der Waals surface area contributed by atoms with Gasteiger partial charge in [0.1, 0.15) is 11.9 Å². The first-order chi connectivity index (χ1) is 18.6. The fourth-order valence-electron chi connectivity index (χ4n) is 4.21. The highest BCUT2D eigenvalue weighted by Gasteiger charge is 2.31. The SMILES string of the molecule is C/C1=C/C/C=C(\C)CCC(O)CC(C(C)C(O)c2cccc(O)c2)OC(=O)/C(C)=C/C=C\C=C\C=C\CC1O. The van der Waals surface area contributed by atoms with Crippen molar-refractivity contribution in [1.82, 2.24) is 0 Å². The van der Waals surface area contributed by atoms with Gasteiger partial charge in [0.15, 0.2) is 0 Å². The van der Waals surface area contributed by atoms with E-state index in [1.807, 2.05) is 44.2 Å². The number of aliphatic hydroxyl groups is 3. The van der Waals surface area contributed by atoms with Crippen LogP contribution in [0.15, 0.2) is 95.7 Å². The van der Waals surface area contributed by atoms with Gasteiger partial charge in [-0.1, -0.05) is 79.3 Å². The summed E-state index contributed by atoms with van der Waals surface area (Å²) in [5.41, 5.74) is 2.93. The summed E-state index contributed by atoms with van der Waals surface area (Å²) >= 11 is 0. The molecule has 1 aromatic rings. The van der Waals surface area contributed by atoms with Crippen LogP contribution in [0.4, 0.5) is 0 Å². The van der Waals surface area contributed by atoms with Gasteiger partial charge < -0.3 is 25.2 Å². The van der Waals surface area contributed by atoms with Gasteiger partial charge in [0, 0.05) is 17.9 Å². The Morgan fingerprint density at radius 2 is 1.72 bits per heavy atom. The standard InChI is InChI=1S/C33H44O6/c1-23-13-11-15-24(2)30(36)18-10-8-6-5-7-9-14-25(3)33(38)39-31(22-29(35)20-19-23)26(4)32(37)27-16-12-17-28(34)21-27/h5-10,12-17,21,26,29-32,34-37H,11,18-20,22H2,1-4H3/b6-5+,9-7-,10-8+,23-13+,24-15-,25-14+. The Kier molecular flexibility index (Phi) is 13.7. The number of benzene rings is 1. The summed E-state index contributed by atoms with van der Waals surface area (Å²) in [6.07, 6.45) is 16.2. The van der Waals surface area contributed by atoms with Gasteiger partial charge in [0.25, 0.3) is 0 Å². The van der Waals surface area contributed by atoms with Crippen molar-refractivity contribution < 1.29 is 30.0 Å². The Hall–Kier alpha value is -3.19. The molecule has 0 amide bonds. The van der Waals surface area contributed by atoms with Gasteiger partial charge in [-0.3, -0.25) is 0 Å². The molecule has 0 radical (unpaired) electrons. The highest BCUT2D eigenvalue weighted by atomic mass is 16.5. The van der Waals surface area contributed by atoms with E-state index in [-0.39, 0.29) is 12.2 Å². The third-order valence-corrected chi connectivity index (χ3v) is 6.97. The molecule has 0 saturated carbocycles. The molecule has 2 rings (SSSR count). The monoisotopic (exact) mass is 536 g/mol. The fourth-order valence-corrected chi connectivity index (χ4v) is 4.21. The van der Waals surface area contributed by atoms with Crippen LogP contribution in [0, 0.1) is 5.92 Å². The van der Waals surface area contributed by atoms with Crippen LogP contribution >= 0.6 is 0 Å². The third-order valence-electron chi connectivity index (χ3n) is 6.97. The van der Waals surface area contributed by atoms with Crippen molar-refractivity contribution in [3.05, 3.63) is 101 Å². The first-order valence-corrected chi connectivity index (χ1v) is 13.6. The van der Waals surface area contributed by atoms with Gasteiger partial charge >= 0.3 is 5.97 Å². The molecule has 0 aliphatic carbocycles. The van der Waals surface area contributed by atoms with Gasteiger partial charge in [-0.2, -0.15) is 0 Å². The van der Waals surface area contributed by atoms with Gasteiger partial charge in [-0.15, -0.1) is 0 Å². The van der Waals surface area contributed by atoms with Crippen LogP contribution < -0.4 is 0 Å². The highest BCUT2D eigenvalue weighted by molar-refractivity contribution is 5.88. The molecular formula is C33H44O6. The molecule has 0 fully saturated rings. The van der Waals surface area contributed by atoms with Gasteiger partial charge in [-0.25, -0.2) is 4.79 Å². The summed E-state index contributed by atoms with van der Waals surface area (Å²) in [5, 5.41) is 42.1. The predicted octanol–water partition coefficient (Wildman–Crippen LogP) is 6.17. The molecule has 1 aliphatic rings. The second kappa shape index (κ2) is 16.7. The lowest BCUT2D eigenvalue weighted by Gasteiger charge is -2.30. The molecule has 0 aromatic heterocycles. The zero-order chi connectivity index (χ0) is 28.8. The zero-order valence-corrected chi connectivity index (χ0v) is 23.5. The van der Waals surface area contributed by atoms with E-state index in [2.05, 4.69) is 6.08 Å². The lowest BCUT2D eigenvalue weighted by Crippen LogP contribution is -2.33. The summed E-state index contributed by atoms with van der Waals surface area (Å²) in [7, 11) is 0. The molecule has 4 N–H and O–H groups in total. The predicted molar refractivity (Wildman–Crippen MR) is 156 cm³/mol. The van der Waals surface area contributed by atoms with E-state index in [4.69, 9.17) is 4.74 Å². The summed E-state index contributed by atoms with van der Waals surface area (Å²) in [6, 6.07) is 6.36. The molecule has 39 heavy (non-hydrogen) atoms. The van der Waals surface area contributed by atoms with E-state index in [1.165, 1.54) is 12.1 Å². The number of esters is 1. The molecule has 212 valence electrons. The van der Waals surface area contributed by atoms with Crippen molar-refractivity contribution >= 4 is 5.97 Å². The van der Waals surface area contributed by atoms with Crippen molar-refractivity contribution in [3.8, 4) is 5.75 Å². The Morgan fingerprint density at radius 3 is 2.46 bits per heavy atom. The molecule has 1 aromatic carbocycles. The minimum atomic E-state index is -1.00. The molecule has 0 bridgehead atoms. The lowest BCUT2D eigenvalue weighted by molar-refractivity contribution is -0.151. The molecule has 6 heteroatoms. The van der Waals surface area contributed by atoms with Crippen LogP contribution in [0.1, 0.15) is 71.5 Å². The number of allylic oxidation sites excluding steroid dienone is 9. The molecule has 0 saturated heterocycles. The Balaban J connectivity index is 2.28. The van der Waals surface area contributed by atoms with Gasteiger partial charge in [-0.05, 0) is 69.7 Å². The van der Waals surface area contributed by atoms with Crippen molar-refractivity contribution in [2.45, 2.75) is 84.2 Å². The number of phenolic OH excluding ortho intramolecular Hbond substituents is 1. The van der Waals surface area contributed by atoms with E-state index < -0.39 is 36.3 Å². The number of carbonyl (C=O) groups is 1. The number of hydrogen-bond donors (Lipinski definition) is 4. The van der Waals surface area contributed by atoms with Crippen LogP contribution in [0.25, 0.3) is 0 Å². The largest absolute Gasteiger partial charge is 0.508 e. The lowest BCUT2D eigenvalue weighted by atomic mass is 9.88. The maximum Gasteiger partial charge on any atom is 0.333 e. The summed E-state index contributed by atoms with van der Waals surface area (Å²) in [6.45, 7) is 7.36. The number of aromatic hydroxyl groups is 1. The van der Waals surface area contributed by atoms with Crippen molar-refractivity contribution in [2.75, 3.05) is 0 Å². The van der Waals surface area contributed by atoms with Crippen LogP contribution in [0.5, 0.6) is 5.75 Å². The second-order valence-corrected chi connectivity index (χ2v) is 10.3. The number of aliphatic hydroxyl groups excluding tert-OH is 3. The number of cyclic esters (lactones) is 1. The van der Waals surface area contributed by atoms with Crippen LogP contribution in [0.2, 0.25) is 0 Å². The molecular weight excluding hydrogens is 492 g/mol. The number of ether oxygens (including phenoxy) is 1. The average molecular weight is 537 g/mol. The number of carbonyl (C=O) groups excluding carboxylic acids is 1. The topological polar surface area (TPSA) is 107 Å². The van der Waals surface area contributed by atoms with E-state index in [0.717, 1.165) is 11.1 Å². The first-order valence-electron chi connectivity index (χ1n) is 13.6. The van der Waals surface area contributed by atoms with Crippen LogP contribution in [-0.4, -0.2) is 44.7 Å². The quantitative estimate of drug-likeness (QED) is 0.272. The van der Waals surface area contributed by atoms with Crippen LogP contribution in [-0.2, 0) is 9.53 Å². The average Bonchev–Trinajstić information content (AvgIpc) is 2.91. The highest BCUT2D eigenvalue weighted by Crippen LogP contribution is 2.31. The van der Waals surface area contributed by atoms with Gasteiger partial charge in [0.2, 0.25) is 0 Å². The Morgan fingerprint density at radius 1 is 1.00 bits per heavy atom. The van der Waals surface area contributed by atoms with Crippen molar-refractivity contribution in [1.29, 1.82) is 0 Å². The molecule has 5 atom stereocenters. The number of phenols is 1. The van der Waals surface area contributed by atoms with Crippen molar-refractivity contribution in [2.24, 2.45) is 5.92 Å². The third kappa shape index (κ3) is 11.6. The molecule has 1 aliphatic heterocycles. The van der Waals surface area contributed by atoms with E-state index in [9.17, 15) is 25.2 Å². The molecule has 0 spiro atoms. The molecule has 5 unspecified atom stereocenters. The Bertz CT molecular complexity index is 1110. The normalized spacial score (nSPS) is 30.8. The summed E-state index contributed by atoms with van der Waals surface area (Å²) in [4.78, 5) is 12.9. The maximum absolute atomic E-state index is 12.9. The molecule has 1 heterocycles. The smallest absolute Gasteiger partial charge is 0.333 e. The number of rotatable bonds is 3. The fraction of sp³-hybridized carbons (Fsp3) is 0.424. The second-order valence-electron chi connectivity index (χ2n) is 10.3. The Labute approximate surface area is 233 Å². The van der Waals surface area contributed by atoms with E-state index in [0.29, 0.717) is 36.8 Å². The maximum atomic E-state index is 12.9. The van der Waals surface area contributed by atoms with Gasteiger partial charge in [0.05, 0.1) is 18.3 Å². The minimum Gasteiger partial charge on any atom is -0.508 e. The van der Waals surface area contributed by atoms with Crippen LogP contribution in [0.3, 0.4) is 0 Å². The zero-order valence-electron chi connectivity index (χ0n) is 23.5. The minimum absolute atomic E-state index is 0.0373. The molecule has 6 nitrogen and oxygen atoms in total. The first kappa shape index (κ1) is 32.0. The summed E-state index contributed by atoms with van der Waals surface area (Å²) in [5.74, 6) is -1.02.